The van der Waals surface area contributed by atoms with Crippen LogP contribution in [0.15, 0.2) is 46.1 Å². The van der Waals surface area contributed by atoms with Crippen LogP contribution in [-0.2, 0) is 4.79 Å². The Morgan fingerprint density at radius 1 is 1.36 bits per heavy atom. The van der Waals surface area contributed by atoms with Gasteiger partial charge in [0.15, 0.2) is 6.61 Å². The van der Waals surface area contributed by atoms with E-state index in [1.54, 1.807) is 12.3 Å². The number of hydrazone groups is 1. The van der Waals surface area contributed by atoms with Gasteiger partial charge in [-0.1, -0.05) is 22.0 Å². The number of rotatable bonds is 5. The van der Waals surface area contributed by atoms with Crippen LogP contribution >= 0.6 is 15.9 Å². The van der Waals surface area contributed by atoms with Crippen LogP contribution in [0.3, 0.4) is 0 Å². The quantitative estimate of drug-likeness (QED) is 0.657. The number of ether oxygens (including phenoxy) is 1. The Hall–Kier alpha value is -2.21. The highest BCUT2D eigenvalue weighted by atomic mass is 79.9. The zero-order valence-corrected chi connectivity index (χ0v) is 13.9. The number of nitrogens with one attached hydrogen (secondary N) is 1. The highest BCUT2D eigenvalue weighted by molar-refractivity contribution is 9.10. The topological polar surface area (TPSA) is 63.6 Å². The largest absolute Gasteiger partial charge is 0.483 e. The maximum atomic E-state index is 11.7. The predicted molar refractivity (Wildman–Crippen MR) is 89.1 cm³/mol. The maximum Gasteiger partial charge on any atom is 0.277 e. The van der Waals surface area contributed by atoms with Crippen molar-refractivity contribution in [3.8, 4) is 5.75 Å². The number of hydrogen-bond acceptors (Lipinski definition) is 4. The van der Waals surface area contributed by atoms with Gasteiger partial charge >= 0.3 is 0 Å². The van der Waals surface area contributed by atoms with Crippen molar-refractivity contribution in [2.24, 2.45) is 5.10 Å². The van der Waals surface area contributed by atoms with E-state index in [-0.39, 0.29) is 12.5 Å². The fraction of sp³-hybridized carbons (Fsp3) is 0.188. The second kappa shape index (κ2) is 7.70. The molecule has 2 aromatic rings. The van der Waals surface area contributed by atoms with E-state index in [2.05, 4.69) is 31.4 Å². The van der Waals surface area contributed by atoms with Gasteiger partial charge in [-0.2, -0.15) is 5.10 Å². The lowest BCUT2D eigenvalue weighted by Gasteiger charge is -2.11. The first-order valence-corrected chi connectivity index (χ1v) is 7.48. The number of amides is 1. The van der Waals surface area contributed by atoms with Crippen molar-refractivity contribution >= 4 is 28.1 Å². The number of aromatic nitrogens is 1. The molecule has 6 heteroatoms. The van der Waals surface area contributed by atoms with Gasteiger partial charge in [-0.25, -0.2) is 5.43 Å². The van der Waals surface area contributed by atoms with E-state index in [1.807, 2.05) is 38.1 Å². The molecule has 1 aromatic heterocycles. The van der Waals surface area contributed by atoms with E-state index in [9.17, 15) is 4.79 Å². The molecule has 0 aliphatic rings. The first kappa shape index (κ1) is 16.2. The Labute approximate surface area is 137 Å². The number of carbonyl (C=O) groups excluding carboxylic acids is 1. The fourth-order valence-corrected chi connectivity index (χ4v) is 2.60. The third-order valence-electron chi connectivity index (χ3n) is 2.85. The second-order valence-corrected chi connectivity index (χ2v) is 5.62. The third-order valence-corrected chi connectivity index (χ3v) is 3.30. The summed E-state index contributed by atoms with van der Waals surface area (Å²) in [5.74, 6) is 0.390. The number of nitrogens with zero attached hydrogens (tertiary/aromatic N) is 2. The third kappa shape index (κ3) is 4.66. The van der Waals surface area contributed by atoms with Crippen molar-refractivity contribution in [2.75, 3.05) is 6.61 Å². The van der Waals surface area contributed by atoms with Gasteiger partial charge in [0.2, 0.25) is 0 Å². The first-order chi connectivity index (χ1) is 10.6. The van der Waals surface area contributed by atoms with Gasteiger partial charge in [0.05, 0.1) is 11.9 Å². The van der Waals surface area contributed by atoms with Gasteiger partial charge in [-0.15, -0.1) is 0 Å². The summed E-state index contributed by atoms with van der Waals surface area (Å²) in [6.07, 6.45) is 3.14. The summed E-state index contributed by atoms with van der Waals surface area (Å²) in [6, 6.07) is 9.34. The van der Waals surface area contributed by atoms with Crippen LogP contribution in [-0.4, -0.2) is 23.7 Å². The number of hydrogen-bond donors (Lipinski definition) is 1. The molecule has 1 aromatic carbocycles. The van der Waals surface area contributed by atoms with Gasteiger partial charge in [0.25, 0.3) is 5.91 Å². The monoisotopic (exact) mass is 361 g/mol. The Kier molecular flexibility index (Phi) is 5.66. The minimum Gasteiger partial charge on any atom is -0.483 e. The van der Waals surface area contributed by atoms with E-state index in [1.165, 1.54) is 6.21 Å². The molecule has 0 bridgehead atoms. The fourth-order valence-electron chi connectivity index (χ4n) is 1.92. The molecule has 0 aliphatic carbocycles. The summed E-state index contributed by atoms with van der Waals surface area (Å²) in [4.78, 5) is 15.8. The molecule has 0 radical (unpaired) electrons. The number of aryl methyl sites for hydroxylation is 2. The molecule has 5 nitrogen and oxygen atoms in total. The Balaban J connectivity index is 1.87. The smallest absolute Gasteiger partial charge is 0.277 e. The molecular weight excluding hydrogens is 346 g/mol. The summed E-state index contributed by atoms with van der Waals surface area (Å²) < 4.78 is 6.55. The SMILES string of the molecule is Cc1cc(Br)cc(C)c1OCC(=O)N/N=C/c1ccccn1. The van der Waals surface area contributed by atoms with Gasteiger partial charge in [0.1, 0.15) is 5.75 Å². The Bertz CT molecular complexity index is 664. The van der Waals surface area contributed by atoms with Crippen LogP contribution < -0.4 is 10.2 Å². The van der Waals surface area contributed by atoms with E-state index in [0.717, 1.165) is 15.6 Å². The van der Waals surface area contributed by atoms with Crippen LogP contribution in [0.25, 0.3) is 0 Å². The summed E-state index contributed by atoms with van der Waals surface area (Å²) in [7, 11) is 0. The highest BCUT2D eigenvalue weighted by Gasteiger charge is 2.08. The molecule has 22 heavy (non-hydrogen) atoms. The van der Waals surface area contributed by atoms with E-state index < -0.39 is 0 Å². The van der Waals surface area contributed by atoms with E-state index in [4.69, 9.17) is 4.74 Å². The molecule has 1 amide bonds. The Morgan fingerprint density at radius 3 is 2.73 bits per heavy atom. The first-order valence-electron chi connectivity index (χ1n) is 6.69. The van der Waals surface area contributed by atoms with Crippen molar-refractivity contribution in [3.05, 3.63) is 57.8 Å². The molecule has 1 N–H and O–H groups in total. The Morgan fingerprint density at radius 2 is 2.09 bits per heavy atom. The summed E-state index contributed by atoms with van der Waals surface area (Å²) in [5.41, 5.74) is 5.02. The van der Waals surface area contributed by atoms with Gasteiger partial charge in [-0.05, 0) is 49.2 Å². The van der Waals surface area contributed by atoms with E-state index >= 15 is 0 Å². The zero-order valence-electron chi connectivity index (χ0n) is 12.3. The minimum absolute atomic E-state index is 0.0944. The number of carbonyl (C=O) groups is 1. The number of pyridine rings is 1. The maximum absolute atomic E-state index is 11.7. The summed E-state index contributed by atoms with van der Waals surface area (Å²) in [5, 5.41) is 3.84. The average molecular weight is 362 g/mol. The van der Waals surface area contributed by atoms with Crippen LogP contribution in [0.5, 0.6) is 5.75 Å². The van der Waals surface area contributed by atoms with Crippen LogP contribution in [0.1, 0.15) is 16.8 Å². The molecule has 0 atom stereocenters. The molecule has 114 valence electrons. The molecular formula is C16H16BrN3O2. The lowest BCUT2D eigenvalue weighted by atomic mass is 10.1. The van der Waals surface area contributed by atoms with Crippen LogP contribution in [0.2, 0.25) is 0 Å². The number of halogens is 1. The molecule has 1 heterocycles. The number of benzene rings is 1. The normalized spacial score (nSPS) is 10.7. The van der Waals surface area contributed by atoms with Crippen molar-refractivity contribution in [1.82, 2.24) is 10.4 Å². The van der Waals surface area contributed by atoms with Crippen LogP contribution in [0.4, 0.5) is 0 Å². The molecule has 2 rings (SSSR count). The molecule has 0 unspecified atom stereocenters. The minimum atomic E-state index is -0.325. The van der Waals surface area contributed by atoms with Crippen molar-refractivity contribution < 1.29 is 9.53 Å². The van der Waals surface area contributed by atoms with Crippen LogP contribution in [0, 0.1) is 13.8 Å². The molecule has 0 aliphatic heterocycles. The average Bonchev–Trinajstić information content (AvgIpc) is 2.47. The standard InChI is InChI=1S/C16H16BrN3O2/c1-11-7-13(17)8-12(2)16(11)22-10-15(21)20-19-9-14-5-3-4-6-18-14/h3-9H,10H2,1-2H3,(H,20,21)/b19-9+. The van der Waals surface area contributed by atoms with Gasteiger partial charge in [0, 0.05) is 10.7 Å². The summed E-state index contributed by atoms with van der Waals surface area (Å²) in [6.45, 7) is 3.78. The zero-order chi connectivity index (χ0) is 15.9. The summed E-state index contributed by atoms with van der Waals surface area (Å²) >= 11 is 3.42. The van der Waals surface area contributed by atoms with Gasteiger partial charge in [-0.3, -0.25) is 9.78 Å². The van der Waals surface area contributed by atoms with Crippen molar-refractivity contribution in [2.45, 2.75) is 13.8 Å². The predicted octanol–water partition coefficient (Wildman–Crippen LogP) is 2.99. The van der Waals surface area contributed by atoms with Crippen molar-refractivity contribution in [3.63, 3.8) is 0 Å². The molecule has 0 fully saturated rings. The van der Waals surface area contributed by atoms with Gasteiger partial charge < -0.3 is 4.74 Å². The second-order valence-electron chi connectivity index (χ2n) is 4.71. The van der Waals surface area contributed by atoms with Crippen molar-refractivity contribution in [1.29, 1.82) is 0 Å². The molecule has 0 saturated heterocycles. The molecule has 0 spiro atoms. The van der Waals surface area contributed by atoms with E-state index in [0.29, 0.717) is 11.4 Å². The lowest BCUT2D eigenvalue weighted by molar-refractivity contribution is -0.123. The highest BCUT2D eigenvalue weighted by Crippen LogP contribution is 2.27. The lowest BCUT2D eigenvalue weighted by Crippen LogP contribution is -2.25. The molecule has 0 saturated carbocycles.